The highest BCUT2D eigenvalue weighted by Crippen LogP contribution is 2.34. The first-order chi connectivity index (χ1) is 15.7. The second kappa shape index (κ2) is 8.84. The van der Waals surface area contributed by atoms with Crippen LogP contribution in [0.5, 0.6) is 0 Å². The van der Waals surface area contributed by atoms with Gasteiger partial charge in [0, 0.05) is 29.2 Å². The monoisotopic (exact) mass is 481 g/mol. The Labute approximate surface area is 195 Å². The van der Waals surface area contributed by atoms with Crippen molar-refractivity contribution in [3.05, 3.63) is 98.8 Å². The number of benzene rings is 3. The van der Waals surface area contributed by atoms with Gasteiger partial charge in [0.25, 0.3) is 0 Å². The van der Waals surface area contributed by atoms with E-state index in [0.29, 0.717) is 27.1 Å². The molecule has 0 atom stereocenters. The quantitative estimate of drug-likeness (QED) is 0.419. The Bertz CT molecular complexity index is 1530. The Hall–Kier alpha value is -3.42. The number of pyridine rings is 1. The summed E-state index contributed by atoms with van der Waals surface area (Å²) in [4.78, 5) is 29.4. The van der Waals surface area contributed by atoms with Gasteiger partial charge in [-0.2, -0.15) is 0 Å². The Balaban J connectivity index is 1.94. The molecule has 3 aromatic carbocycles. The fourth-order valence-electron chi connectivity index (χ4n) is 3.76. The Morgan fingerprint density at radius 1 is 1.00 bits per heavy atom. The summed E-state index contributed by atoms with van der Waals surface area (Å²) in [6.45, 7) is 0. The highest BCUT2D eigenvalue weighted by molar-refractivity contribution is 7.90. The molecule has 0 spiro atoms. The van der Waals surface area contributed by atoms with Crippen LogP contribution in [-0.2, 0) is 21.0 Å². The maximum Gasteiger partial charge on any atom is 0.354 e. The summed E-state index contributed by atoms with van der Waals surface area (Å²) >= 11 is 6.49. The predicted octanol–water partition coefficient (Wildman–Crippen LogP) is 4.63. The summed E-state index contributed by atoms with van der Waals surface area (Å²) in [6, 6.07) is 18.8. The summed E-state index contributed by atoms with van der Waals surface area (Å²) in [5.41, 5.74) is 2.45. The van der Waals surface area contributed by atoms with E-state index in [1.807, 2.05) is 30.3 Å². The molecule has 1 heterocycles. The van der Waals surface area contributed by atoms with Crippen LogP contribution in [0.1, 0.15) is 21.6 Å². The van der Waals surface area contributed by atoms with Gasteiger partial charge in [-0.15, -0.1) is 0 Å². The Kier molecular flexibility index (Phi) is 6.10. The minimum Gasteiger partial charge on any atom is -0.464 e. The average molecular weight is 482 g/mol. The molecule has 6 nitrogen and oxygen atoms in total. The largest absolute Gasteiger partial charge is 0.464 e. The van der Waals surface area contributed by atoms with Gasteiger partial charge in [0.05, 0.1) is 22.5 Å². The second-order valence-electron chi connectivity index (χ2n) is 7.60. The molecule has 0 aliphatic carbocycles. The number of esters is 1. The van der Waals surface area contributed by atoms with Crippen molar-refractivity contribution in [2.24, 2.45) is 0 Å². The van der Waals surface area contributed by atoms with Gasteiger partial charge in [-0.05, 0) is 35.4 Å². The molecule has 0 saturated carbocycles. The number of rotatable bonds is 5. The smallest absolute Gasteiger partial charge is 0.354 e. The molecule has 4 aromatic rings. The number of carbonyl (C=O) groups is 1. The number of H-pyrrole nitrogens is 1. The maximum absolute atomic E-state index is 13.5. The van der Waals surface area contributed by atoms with E-state index in [4.69, 9.17) is 16.3 Å². The number of fused-ring (bicyclic) bond motifs is 1. The van der Waals surface area contributed by atoms with Crippen molar-refractivity contribution in [2.45, 2.75) is 11.3 Å². The summed E-state index contributed by atoms with van der Waals surface area (Å²) in [7, 11) is -2.10. The number of halogens is 1. The number of sulfone groups is 1. The number of ether oxygens (including phenoxy) is 1. The fraction of sp³-hybridized carbons (Fsp3) is 0.120. The van der Waals surface area contributed by atoms with Crippen molar-refractivity contribution in [3.63, 3.8) is 0 Å². The second-order valence-corrected chi connectivity index (χ2v) is 10.0. The lowest BCUT2D eigenvalue weighted by Gasteiger charge is -2.14. The van der Waals surface area contributed by atoms with Crippen molar-refractivity contribution >= 4 is 38.3 Å². The molecule has 8 heteroatoms. The summed E-state index contributed by atoms with van der Waals surface area (Å²) in [5, 5.41) is 0.818. The van der Waals surface area contributed by atoms with Gasteiger partial charge in [0.15, 0.2) is 15.3 Å². The van der Waals surface area contributed by atoms with Crippen LogP contribution >= 0.6 is 11.6 Å². The molecule has 168 valence electrons. The van der Waals surface area contributed by atoms with Crippen LogP contribution in [0.15, 0.2) is 76.4 Å². The standard InChI is InChI=1S/C25H20ClNO5S/c1-32-25(29)23-19(14-15-8-10-17(11-9-15)33(2,30)31)24(28)18-12-13-20(26)21(22(18)27-23)16-6-4-3-5-7-16/h3-13H,14H2,1-2H3,(H,27,28). The number of hydrogen-bond donors (Lipinski definition) is 1. The first kappa shape index (κ1) is 22.8. The van der Waals surface area contributed by atoms with Crippen LogP contribution in [0.2, 0.25) is 5.02 Å². The normalized spacial score (nSPS) is 11.5. The Morgan fingerprint density at radius 3 is 2.27 bits per heavy atom. The third kappa shape index (κ3) is 4.42. The fourth-order valence-corrected chi connectivity index (χ4v) is 4.66. The first-order valence-electron chi connectivity index (χ1n) is 10.0. The summed E-state index contributed by atoms with van der Waals surface area (Å²) in [5.74, 6) is -0.684. The lowest BCUT2D eigenvalue weighted by Crippen LogP contribution is -2.20. The molecule has 4 rings (SSSR count). The van der Waals surface area contributed by atoms with Gasteiger partial charge in [0.2, 0.25) is 0 Å². The van der Waals surface area contributed by atoms with Crippen LogP contribution in [0.4, 0.5) is 0 Å². The molecule has 0 aliphatic rings. The van der Waals surface area contributed by atoms with Crippen molar-refractivity contribution in [2.75, 3.05) is 13.4 Å². The van der Waals surface area contributed by atoms with E-state index in [9.17, 15) is 18.0 Å². The molecule has 0 saturated heterocycles. The van der Waals surface area contributed by atoms with E-state index >= 15 is 0 Å². The van der Waals surface area contributed by atoms with Gasteiger partial charge < -0.3 is 9.72 Å². The molecule has 33 heavy (non-hydrogen) atoms. The molecule has 0 bridgehead atoms. The molecule has 0 unspecified atom stereocenters. The molecule has 1 N–H and O–H groups in total. The van der Waals surface area contributed by atoms with E-state index in [0.717, 1.165) is 11.8 Å². The van der Waals surface area contributed by atoms with Gasteiger partial charge in [-0.3, -0.25) is 4.79 Å². The highest BCUT2D eigenvalue weighted by Gasteiger charge is 2.22. The maximum atomic E-state index is 13.5. The SMILES string of the molecule is COC(=O)c1[nH]c2c(-c3ccccc3)c(Cl)ccc2c(=O)c1Cc1ccc(S(C)(=O)=O)cc1. The van der Waals surface area contributed by atoms with Gasteiger partial charge in [-0.1, -0.05) is 54.1 Å². The number of aromatic nitrogens is 1. The van der Waals surface area contributed by atoms with Crippen molar-refractivity contribution in [1.29, 1.82) is 0 Å². The zero-order valence-corrected chi connectivity index (χ0v) is 19.5. The third-order valence-corrected chi connectivity index (χ3v) is 6.85. The molecule has 0 fully saturated rings. The molecule has 0 aliphatic heterocycles. The van der Waals surface area contributed by atoms with E-state index in [2.05, 4.69) is 4.98 Å². The molecule has 1 aromatic heterocycles. The topological polar surface area (TPSA) is 93.3 Å². The van der Waals surface area contributed by atoms with Gasteiger partial charge >= 0.3 is 5.97 Å². The predicted molar refractivity (Wildman–Crippen MR) is 129 cm³/mol. The van der Waals surface area contributed by atoms with Gasteiger partial charge in [-0.25, -0.2) is 13.2 Å². The van der Waals surface area contributed by atoms with E-state index < -0.39 is 15.8 Å². The van der Waals surface area contributed by atoms with E-state index in [-0.39, 0.29) is 28.0 Å². The minimum atomic E-state index is -3.34. The number of carbonyl (C=O) groups excluding carboxylic acids is 1. The average Bonchev–Trinajstić information content (AvgIpc) is 2.80. The summed E-state index contributed by atoms with van der Waals surface area (Å²) < 4.78 is 28.4. The molecular weight excluding hydrogens is 462 g/mol. The van der Waals surface area contributed by atoms with Crippen LogP contribution < -0.4 is 5.43 Å². The van der Waals surface area contributed by atoms with Crippen LogP contribution in [-0.4, -0.2) is 32.7 Å². The van der Waals surface area contributed by atoms with Crippen molar-refractivity contribution < 1.29 is 17.9 Å². The number of nitrogens with one attached hydrogen (secondary N) is 1. The van der Waals surface area contributed by atoms with Crippen LogP contribution in [0.3, 0.4) is 0 Å². The highest BCUT2D eigenvalue weighted by atomic mass is 35.5. The molecule has 0 radical (unpaired) electrons. The number of hydrogen-bond acceptors (Lipinski definition) is 5. The lowest BCUT2D eigenvalue weighted by molar-refractivity contribution is 0.0593. The van der Waals surface area contributed by atoms with E-state index in [1.54, 1.807) is 24.3 Å². The minimum absolute atomic E-state index is 0.0293. The zero-order chi connectivity index (χ0) is 23.8. The van der Waals surface area contributed by atoms with Crippen LogP contribution in [0, 0.1) is 0 Å². The lowest BCUT2D eigenvalue weighted by atomic mass is 9.97. The van der Waals surface area contributed by atoms with E-state index in [1.165, 1.54) is 19.2 Å². The molecule has 0 amide bonds. The van der Waals surface area contributed by atoms with Crippen molar-refractivity contribution in [1.82, 2.24) is 4.98 Å². The number of aromatic amines is 1. The third-order valence-electron chi connectivity index (χ3n) is 5.41. The van der Waals surface area contributed by atoms with Crippen molar-refractivity contribution in [3.8, 4) is 11.1 Å². The molecular formula is C25H20ClNO5S. The van der Waals surface area contributed by atoms with Crippen LogP contribution in [0.25, 0.3) is 22.0 Å². The number of methoxy groups -OCH3 is 1. The first-order valence-corrected chi connectivity index (χ1v) is 12.3. The Morgan fingerprint density at radius 2 is 1.67 bits per heavy atom. The van der Waals surface area contributed by atoms with Gasteiger partial charge in [0.1, 0.15) is 5.69 Å². The summed E-state index contributed by atoms with van der Waals surface area (Å²) in [6.07, 6.45) is 1.24. The zero-order valence-electron chi connectivity index (χ0n) is 17.9.